The lowest BCUT2D eigenvalue weighted by Gasteiger charge is -2.18. The summed E-state index contributed by atoms with van der Waals surface area (Å²) in [6, 6.07) is 7.61. The number of hydrogen-bond donors (Lipinski definition) is 2. The minimum atomic E-state index is -0.0105. The van der Waals surface area contributed by atoms with Crippen molar-refractivity contribution in [3.63, 3.8) is 0 Å². The lowest BCUT2D eigenvalue weighted by molar-refractivity contribution is 0.0949. The molecule has 0 aliphatic heterocycles. The first-order chi connectivity index (χ1) is 9.22. The van der Waals surface area contributed by atoms with E-state index in [1.165, 1.54) is 0 Å². The summed E-state index contributed by atoms with van der Waals surface area (Å²) in [6.45, 7) is 10.7. The van der Waals surface area contributed by atoms with Gasteiger partial charge in [0, 0.05) is 25.3 Å². The van der Waals surface area contributed by atoms with Crippen LogP contribution in [-0.2, 0) is 0 Å². The third-order valence-corrected chi connectivity index (χ3v) is 3.15. The van der Waals surface area contributed by atoms with Crippen molar-refractivity contribution in [2.24, 2.45) is 0 Å². The second-order valence-corrected chi connectivity index (χ2v) is 4.36. The zero-order chi connectivity index (χ0) is 14.1. The van der Waals surface area contributed by atoms with E-state index < -0.39 is 0 Å². The van der Waals surface area contributed by atoms with Crippen molar-refractivity contribution >= 4 is 11.6 Å². The van der Waals surface area contributed by atoms with Gasteiger partial charge in [-0.1, -0.05) is 26.0 Å². The predicted molar refractivity (Wildman–Crippen MR) is 80.7 cm³/mol. The molecule has 0 aliphatic rings. The Hall–Kier alpha value is -1.55. The summed E-state index contributed by atoms with van der Waals surface area (Å²) >= 11 is 0. The van der Waals surface area contributed by atoms with Crippen molar-refractivity contribution in [1.29, 1.82) is 0 Å². The second-order valence-electron chi connectivity index (χ2n) is 4.36. The Labute approximate surface area is 116 Å². The van der Waals surface area contributed by atoms with Gasteiger partial charge >= 0.3 is 0 Å². The summed E-state index contributed by atoms with van der Waals surface area (Å²) < 4.78 is 0. The number of likely N-dealkylation sites (N-methyl/N-ethyl adjacent to an activating group) is 1. The van der Waals surface area contributed by atoms with E-state index in [0.29, 0.717) is 12.1 Å². The monoisotopic (exact) mass is 263 g/mol. The molecule has 0 aromatic heterocycles. The molecule has 0 radical (unpaired) electrons. The highest BCUT2D eigenvalue weighted by molar-refractivity contribution is 5.99. The van der Waals surface area contributed by atoms with Crippen LogP contribution in [0.15, 0.2) is 24.3 Å². The zero-order valence-electron chi connectivity index (χ0n) is 12.2. The minimum Gasteiger partial charge on any atom is -0.385 e. The summed E-state index contributed by atoms with van der Waals surface area (Å²) in [5.41, 5.74) is 1.61. The fourth-order valence-corrected chi connectivity index (χ4v) is 1.99. The largest absolute Gasteiger partial charge is 0.385 e. The molecule has 1 rings (SSSR count). The van der Waals surface area contributed by atoms with Crippen molar-refractivity contribution in [3.05, 3.63) is 29.8 Å². The van der Waals surface area contributed by atoms with E-state index in [-0.39, 0.29) is 5.91 Å². The molecule has 0 bridgehead atoms. The molecule has 0 spiro atoms. The smallest absolute Gasteiger partial charge is 0.253 e. The summed E-state index contributed by atoms with van der Waals surface area (Å²) in [6.07, 6.45) is 0. The number of nitrogens with zero attached hydrogens (tertiary/aromatic N) is 1. The average Bonchev–Trinajstić information content (AvgIpc) is 2.44. The molecule has 4 heteroatoms. The molecule has 19 heavy (non-hydrogen) atoms. The fraction of sp³-hybridized carbons (Fsp3) is 0.533. The Bertz CT molecular complexity index is 389. The molecule has 4 nitrogen and oxygen atoms in total. The maximum atomic E-state index is 12.1. The van der Waals surface area contributed by atoms with E-state index in [2.05, 4.69) is 29.4 Å². The Morgan fingerprint density at radius 2 is 1.84 bits per heavy atom. The van der Waals surface area contributed by atoms with Crippen LogP contribution in [0.25, 0.3) is 0 Å². The van der Waals surface area contributed by atoms with Crippen LogP contribution < -0.4 is 10.6 Å². The number of carbonyl (C=O) groups is 1. The number of hydrogen-bond acceptors (Lipinski definition) is 3. The Morgan fingerprint density at radius 1 is 1.16 bits per heavy atom. The molecule has 0 unspecified atom stereocenters. The van der Waals surface area contributed by atoms with Gasteiger partial charge in [-0.05, 0) is 32.1 Å². The first-order valence-corrected chi connectivity index (χ1v) is 7.06. The van der Waals surface area contributed by atoms with Crippen LogP contribution in [0.4, 0.5) is 5.69 Å². The Morgan fingerprint density at radius 3 is 2.47 bits per heavy atom. The van der Waals surface area contributed by atoms with Gasteiger partial charge in [0.15, 0.2) is 0 Å². The standard InChI is InChI=1S/C15H25N3O/c1-4-16-14-10-8-7-9-13(14)15(19)17-11-12-18(5-2)6-3/h7-10,16H,4-6,11-12H2,1-3H3,(H,17,19). The number of rotatable bonds is 8. The van der Waals surface area contributed by atoms with E-state index in [1.54, 1.807) is 0 Å². The lowest BCUT2D eigenvalue weighted by atomic mass is 10.1. The van der Waals surface area contributed by atoms with Crippen LogP contribution in [0.5, 0.6) is 0 Å². The molecular formula is C15H25N3O. The van der Waals surface area contributed by atoms with Crippen molar-refractivity contribution in [3.8, 4) is 0 Å². The van der Waals surface area contributed by atoms with Gasteiger partial charge in [0.2, 0.25) is 0 Å². The first-order valence-electron chi connectivity index (χ1n) is 7.06. The van der Waals surface area contributed by atoms with E-state index in [1.807, 2.05) is 31.2 Å². The fourth-order valence-electron chi connectivity index (χ4n) is 1.99. The van der Waals surface area contributed by atoms with Crippen molar-refractivity contribution < 1.29 is 4.79 Å². The van der Waals surface area contributed by atoms with Crippen molar-refractivity contribution in [1.82, 2.24) is 10.2 Å². The molecule has 106 valence electrons. The quantitative estimate of drug-likeness (QED) is 0.755. The van der Waals surface area contributed by atoms with Crippen LogP contribution in [0.2, 0.25) is 0 Å². The van der Waals surface area contributed by atoms with Gasteiger partial charge in [0.1, 0.15) is 0 Å². The highest BCUT2D eigenvalue weighted by Crippen LogP contribution is 2.14. The average molecular weight is 263 g/mol. The second kappa shape index (κ2) is 8.53. The number of anilines is 1. The van der Waals surface area contributed by atoms with Crippen LogP contribution in [-0.4, -0.2) is 43.5 Å². The van der Waals surface area contributed by atoms with Gasteiger partial charge in [-0.25, -0.2) is 0 Å². The number of nitrogens with one attached hydrogen (secondary N) is 2. The molecule has 2 N–H and O–H groups in total. The number of para-hydroxylation sites is 1. The van der Waals surface area contributed by atoms with Crippen LogP contribution in [0, 0.1) is 0 Å². The van der Waals surface area contributed by atoms with Crippen LogP contribution in [0.3, 0.4) is 0 Å². The predicted octanol–water partition coefficient (Wildman–Crippen LogP) is 2.19. The van der Waals surface area contributed by atoms with E-state index in [0.717, 1.165) is 31.9 Å². The Balaban J connectivity index is 2.53. The molecule has 0 atom stereocenters. The molecule has 0 heterocycles. The molecule has 0 saturated carbocycles. The summed E-state index contributed by atoms with van der Waals surface area (Å²) in [5, 5.41) is 6.18. The van der Waals surface area contributed by atoms with Crippen molar-refractivity contribution in [2.45, 2.75) is 20.8 Å². The first kappa shape index (κ1) is 15.5. The van der Waals surface area contributed by atoms with Gasteiger partial charge < -0.3 is 15.5 Å². The minimum absolute atomic E-state index is 0.0105. The molecule has 1 amide bonds. The molecule has 0 aliphatic carbocycles. The van der Waals surface area contributed by atoms with Crippen LogP contribution in [0.1, 0.15) is 31.1 Å². The maximum absolute atomic E-state index is 12.1. The third kappa shape index (κ3) is 4.91. The highest BCUT2D eigenvalue weighted by atomic mass is 16.1. The van der Waals surface area contributed by atoms with Crippen molar-refractivity contribution in [2.75, 3.05) is 38.0 Å². The summed E-state index contributed by atoms with van der Waals surface area (Å²) in [4.78, 5) is 14.4. The summed E-state index contributed by atoms with van der Waals surface area (Å²) in [7, 11) is 0. The zero-order valence-corrected chi connectivity index (χ0v) is 12.2. The van der Waals surface area contributed by atoms with E-state index in [9.17, 15) is 4.79 Å². The highest BCUT2D eigenvalue weighted by Gasteiger charge is 2.09. The number of benzene rings is 1. The van der Waals surface area contributed by atoms with Gasteiger partial charge in [-0.15, -0.1) is 0 Å². The third-order valence-electron chi connectivity index (χ3n) is 3.15. The van der Waals surface area contributed by atoms with Gasteiger partial charge in [0.05, 0.1) is 5.56 Å². The lowest BCUT2D eigenvalue weighted by Crippen LogP contribution is -2.35. The summed E-state index contributed by atoms with van der Waals surface area (Å²) in [5.74, 6) is -0.0105. The topological polar surface area (TPSA) is 44.4 Å². The van der Waals surface area contributed by atoms with Crippen LogP contribution >= 0.6 is 0 Å². The van der Waals surface area contributed by atoms with Gasteiger partial charge in [-0.3, -0.25) is 4.79 Å². The molecule has 0 saturated heterocycles. The molecule has 1 aromatic rings. The Kier molecular flexibility index (Phi) is 6.97. The molecule has 1 aromatic carbocycles. The van der Waals surface area contributed by atoms with E-state index >= 15 is 0 Å². The van der Waals surface area contributed by atoms with E-state index in [4.69, 9.17) is 0 Å². The molecular weight excluding hydrogens is 238 g/mol. The maximum Gasteiger partial charge on any atom is 0.253 e. The van der Waals surface area contributed by atoms with Gasteiger partial charge in [-0.2, -0.15) is 0 Å². The number of carbonyl (C=O) groups excluding carboxylic acids is 1. The van der Waals surface area contributed by atoms with Gasteiger partial charge in [0.25, 0.3) is 5.91 Å². The normalized spacial score (nSPS) is 10.5. The SMILES string of the molecule is CCNc1ccccc1C(=O)NCCN(CC)CC. The number of amides is 1. The molecule has 0 fully saturated rings.